The first kappa shape index (κ1) is 15.9. The van der Waals surface area contributed by atoms with Crippen LogP contribution >= 0.6 is 15.9 Å². The Bertz CT molecular complexity index is 836. The van der Waals surface area contributed by atoms with E-state index < -0.39 is 10.8 Å². The van der Waals surface area contributed by atoms with Gasteiger partial charge in [-0.05, 0) is 40.2 Å². The van der Waals surface area contributed by atoms with E-state index in [2.05, 4.69) is 26.5 Å². The van der Waals surface area contributed by atoms with E-state index in [1.165, 1.54) is 30.5 Å². The van der Waals surface area contributed by atoms with Crippen molar-refractivity contribution in [2.45, 2.75) is 0 Å². The van der Waals surface area contributed by atoms with Gasteiger partial charge in [-0.25, -0.2) is 5.43 Å². The molecular weight excluding hydrogens is 382 g/mol. The van der Waals surface area contributed by atoms with Gasteiger partial charge in [0.15, 0.2) is 11.5 Å². The number of benzene rings is 2. The van der Waals surface area contributed by atoms with Crippen molar-refractivity contribution in [3.63, 3.8) is 0 Å². The lowest BCUT2D eigenvalue weighted by Gasteiger charge is -2.02. The van der Waals surface area contributed by atoms with Gasteiger partial charge in [0.05, 0.1) is 11.1 Å². The summed E-state index contributed by atoms with van der Waals surface area (Å²) in [5, 5.41) is 14.5. The topological polar surface area (TPSA) is 103 Å². The van der Waals surface area contributed by atoms with Gasteiger partial charge >= 0.3 is 0 Å². The maximum Gasteiger partial charge on any atom is 0.271 e. The van der Waals surface area contributed by atoms with E-state index in [1.54, 1.807) is 12.1 Å². The second kappa shape index (κ2) is 6.67. The zero-order valence-electron chi connectivity index (χ0n) is 12.1. The zero-order valence-corrected chi connectivity index (χ0v) is 13.6. The number of carbonyl (C=O) groups is 1. The van der Waals surface area contributed by atoms with Crippen molar-refractivity contribution in [1.82, 2.24) is 5.43 Å². The Balaban J connectivity index is 1.68. The predicted octanol–water partition coefficient (Wildman–Crippen LogP) is 2.85. The van der Waals surface area contributed by atoms with E-state index in [0.717, 1.165) is 4.47 Å². The maximum atomic E-state index is 11.9. The Morgan fingerprint density at radius 3 is 2.58 bits per heavy atom. The van der Waals surface area contributed by atoms with E-state index in [9.17, 15) is 14.9 Å². The third-order valence-electron chi connectivity index (χ3n) is 3.20. The summed E-state index contributed by atoms with van der Waals surface area (Å²) in [5.41, 5.74) is 3.24. The summed E-state index contributed by atoms with van der Waals surface area (Å²) in [6.45, 7) is 0.166. The molecule has 0 aliphatic carbocycles. The molecule has 1 heterocycles. The van der Waals surface area contributed by atoms with Crippen LogP contribution in [0.1, 0.15) is 15.9 Å². The number of fused-ring (bicyclic) bond motifs is 1. The van der Waals surface area contributed by atoms with E-state index in [-0.39, 0.29) is 18.0 Å². The van der Waals surface area contributed by atoms with Gasteiger partial charge in [-0.3, -0.25) is 14.9 Å². The lowest BCUT2D eigenvalue weighted by molar-refractivity contribution is -0.384. The van der Waals surface area contributed by atoms with Crippen LogP contribution in [-0.2, 0) is 0 Å². The van der Waals surface area contributed by atoms with E-state index in [4.69, 9.17) is 9.47 Å². The third-order valence-corrected chi connectivity index (χ3v) is 3.89. The molecule has 8 nitrogen and oxygen atoms in total. The largest absolute Gasteiger partial charge is 0.454 e. The van der Waals surface area contributed by atoms with Gasteiger partial charge in [-0.1, -0.05) is 0 Å². The number of nitro groups is 1. The summed E-state index contributed by atoms with van der Waals surface area (Å²) in [7, 11) is 0. The molecule has 0 atom stereocenters. The Labute approximate surface area is 144 Å². The average Bonchev–Trinajstić information content (AvgIpc) is 3.02. The van der Waals surface area contributed by atoms with Gasteiger partial charge in [0.1, 0.15) is 0 Å². The first-order valence-electron chi connectivity index (χ1n) is 6.71. The fourth-order valence-electron chi connectivity index (χ4n) is 1.99. The van der Waals surface area contributed by atoms with Crippen LogP contribution in [0.5, 0.6) is 11.5 Å². The summed E-state index contributed by atoms with van der Waals surface area (Å²) >= 11 is 3.38. The van der Waals surface area contributed by atoms with Crippen LogP contribution < -0.4 is 14.9 Å². The van der Waals surface area contributed by atoms with Crippen LogP contribution in [-0.4, -0.2) is 23.8 Å². The Hall–Kier alpha value is -2.94. The fraction of sp³-hybridized carbons (Fsp3) is 0.0667. The highest BCUT2D eigenvalue weighted by molar-refractivity contribution is 9.10. The quantitative estimate of drug-likeness (QED) is 0.490. The third kappa shape index (κ3) is 3.35. The second-order valence-electron chi connectivity index (χ2n) is 4.73. The molecule has 0 fully saturated rings. The molecule has 2 aromatic carbocycles. The van der Waals surface area contributed by atoms with Crippen molar-refractivity contribution in [3.05, 3.63) is 62.1 Å². The number of ether oxygens (including phenoxy) is 2. The van der Waals surface area contributed by atoms with Crippen LogP contribution in [0.25, 0.3) is 0 Å². The van der Waals surface area contributed by atoms with Crippen LogP contribution in [0.2, 0.25) is 0 Å². The molecule has 0 radical (unpaired) electrons. The number of hydrogen-bond donors (Lipinski definition) is 1. The molecule has 1 amide bonds. The van der Waals surface area contributed by atoms with E-state index in [1.807, 2.05) is 0 Å². The molecule has 0 saturated carbocycles. The number of hydrogen-bond acceptors (Lipinski definition) is 6. The number of rotatable bonds is 4. The molecule has 9 heteroatoms. The highest BCUT2D eigenvalue weighted by Gasteiger charge is 2.15. The van der Waals surface area contributed by atoms with Gasteiger partial charge in [-0.2, -0.15) is 5.10 Å². The minimum absolute atomic E-state index is 0.0839. The van der Waals surface area contributed by atoms with Gasteiger partial charge < -0.3 is 9.47 Å². The highest BCUT2D eigenvalue weighted by atomic mass is 79.9. The van der Waals surface area contributed by atoms with Crippen molar-refractivity contribution in [2.24, 2.45) is 5.10 Å². The van der Waals surface area contributed by atoms with E-state index >= 15 is 0 Å². The highest BCUT2D eigenvalue weighted by Crippen LogP contribution is 2.36. The summed E-state index contributed by atoms with van der Waals surface area (Å²) in [6.07, 6.45) is 1.45. The van der Waals surface area contributed by atoms with Gasteiger partial charge in [0.2, 0.25) is 6.79 Å². The molecule has 2 aromatic rings. The molecule has 3 rings (SSSR count). The first-order chi connectivity index (χ1) is 11.5. The summed E-state index contributed by atoms with van der Waals surface area (Å²) in [6, 6.07) is 8.72. The van der Waals surface area contributed by atoms with Crippen LogP contribution in [0.4, 0.5) is 5.69 Å². The number of carbonyl (C=O) groups excluding carboxylic acids is 1. The van der Waals surface area contributed by atoms with Crippen LogP contribution in [0.3, 0.4) is 0 Å². The molecule has 0 unspecified atom stereocenters. The monoisotopic (exact) mass is 391 g/mol. The van der Waals surface area contributed by atoms with Crippen molar-refractivity contribution in [2.75, 3.05) is 6.79 Å². The molecule has 24 heavy (non-hydrogen) atoms. The van der Waals surface area contributed by atoms with Crippen LogP contribution in [0.15, 0.2) is 46.0 Å². The van der Waals surface area contributed by atoms with Gasteiger partial charge in [-0.15, -0.1) is 0 Å². The van der Waals surface area contributed by atoms with Crippen LogP contribution in [0, 0.1) is 10.1 Å². The van der Waals surface area contributed by atoms with E-state index in [0.29, 0.717) is 17.1 Å². The Morgan fingerprint density at radius 1 is 1.25 bits per heavy atom. The molecule has 0 bridgehead atoms. The molecule has 0 saturated heterocycles. The molecule has 0 spiro atoms. The standard InChI is InChI=1S/C15H10BrN3O5/c16-12-6-14-13(23-8-24-14)5-10(12)7-17-18-15(20)9-1-3-11(4-2-9)19(21)22/h1-7H,8H2,(H,18,20)/b17-7-. The smallest absolute Gasteiger partial charge is 0.271 e. The number of nitrogens with one attached hydrogen (secondary N) is 1. The number of amides is 1. The van der Waals surface area contributed by atoms with Crippen molar-refractivity contribution < 1.29 is 19.2 Å². The molecule has 0 aromatic heterocycles. The summed E-state index contributed by atoms with van der Waals surface area (Å²) in [5.74, 6) is 0.758. The lowest BCUT2D eigenvalue weighted by Crippen LogP contribution is -2.17. The average molecular weight is 392 g/mol. The van der Waals surface area contributed by atoms with Crippen molar-refractivity contribution in [1.29, 1.82) is 0 Å². The van der Waals surface area contributed by atoms with Crippen molar-refractivity contribution in [3.8, 4) is 11.5 Å². The lowest BCUT2D eigenvalue weighted by atomic mass is 10.2. The number of nitro benzene ring substituents is 1. The summed E-state index contributed by atoms with van der Waals surface area (Å²) < 4.78 is 11.3. The normalized spacial score (nSPS) is 12.4. The molecule has 1 aliphatic heterocycles. The van der Waals surface area contributed by atoms with Gasteiger partial charge in [0.25, 0.3) is 11.6 Å². The second-order valence-corrected chi connectivity index (χ2v) is 5.58. The number of halogens is 1. The number of nitrogens with zero attached hydrogens (tertiary/aromatic N) is 2. The molecule has 1 N–H and O–H groups in total. The SMILES string of the molecule is O=C(N/N=C\c1cc2c(cc1Br)OCO2)c1ccc([N+](=O)[O-])cc1. The maximum absolute atomic E-state index is 11.9. The molecular formula is C15H10BrN3O5. The van der Waals surface area contributed by atoms with Crippen molar-refractivity contribution >= 4 is 33.7 Å². The number of non-ortho nitro benzene ring substituents is 1. The Kier molecular flexibility index (Phi) is 4.43. The minimum Gasteiger partial charge on any atom is -0.454 e. The minimum atomic E-state index is -0.531. The predicted molar refractivity (Wildman–Crippen MR) is 88.4 cm³/mol. The zero-order chi connectivity index (χ0) is 17.1. The first-order valence-corrected chi connectivity index (χ1v) is 7.51. The Morgan fingerprint density at radius 2 is 1.92 bits per heavy atom. The molecule has 122 valence electrons. The number of hydrazone groups is 1. The molecule has 1 aliphatic rings. The fourth-order valence-corrected chi connectivity index (χ4v) is 2.42. The van der Waals surface area contributed by atoms with Gasteiger partial charge in [0, 0.05) is 27.7 Å². The summed E-state index contributed by atoms with van der Waals surface area (Å²) in [4.78, 5) is 22.0.